The molecule has 0 bridgehead atoms. The summed E-state index contributed by atoms with van der Waals surface area (Å²) in [6.45, 7) is 0.365. The number of nitrogens with zero attached hydrogens (tertiary/aromatic N) is 2. The van der Waals surface area contributed by atoms with E-state index in [0.29, 0.717) is 23.9 Å². The van der Waals surface area contributed by atoms with Crippen molar-refractivity contribution in [2.45, 2.75) is 62.4 Å². The largest absolute Gasteiger partial charge is 0.353 e. The molecule has 0 aliphatic heterocycles. The second kappa shape index (κ2) is 11.0. The first-order chi connectivity index (χ1) is 14.1. The number of thioether (sulfide) groups is 1. The highest BCUT2D eigenvalue weighted by Crippen LogP contribution is 2.23. The summed E-state index contributed by atoms with van der Waals surface area (Å²) in [6, 6.07) is 7.71. The van der Waals surface area contributed by atoms with Gasteiger partial charge in [-0.1, -0.05) is 44.2 Å². The lowest BCUT2D eigenvalue weighted by Crippen LogP contribution is -2.36. The third kappa shape index (κ3) is 6.63. The summed E-state index contributed by atoms with van der Waals surface area (Å²) in [5.74, 6) is 1.00. The van der Waals surface area contributed by atoms with E-state index in [2.05, 4.69) is 15.6 Å². The van der Waals surface area contributed by atoms with Crippen molar-refractivity contribution in [1.29, 1.82) is 0 Å². The highest BCUT2D eigenvalue weighted by Gasteiger charge is 2.16. The minimum Gasteiger partial charge on any atom is -0.353 e. The van der Waals surface area contributed by atoms with Crippen LogP contribution in [0.1, 0.15) is 61.1 Å². The number of benzene rings is 1. The van der Waals surface area contributed by atoms with Crippen molar-refractivity contribution in [2.75, 3.05) is 5.75 Å². The van der Waals surface area contributed by atoms with Crippen molar-refractivity contribution >= 4 is 23.6 Å². The maximum absolute atomic E-state index is 12.6. The van der Waals surface area contributed by atoms with Crippen LogP contribution in [-0.4, -0.2) is 33.2 Å². The van der Waals surface area contributed by atoms with Gasteiger partial charge in [0.25, 0.3) is 5.91 Å². The average Bonchev–Trinajstić information content (AvgIpc) is 3.11. The Hall–Kier alpha value is -2.28. The fraction of sp³-hybridized carbons (Fsp3) is 0.500. The van der Waals surface area contributed by atoms with Crippen LogP contribution < -0.4 is 10.6 Å². The SMILES string of the molecule is Cn1ccnc1CNC(=O)c1ccccc1SCC(=O)NC1CCCCCCC1. The van der Waals surface area contributed by atoms with E-state index in [-0.39, 0.29) is 11.8 Å². The van der Waals surface area contributed by atoms with Gasteiger partial charge in [0.2, 0.25) is 5.91 Å². The number of rotatable bonds is 7. The molecule has 1 aliphatic rings. The summed E-state index contributed by atoms with van der Waals surface area (Å²) in [7, 11) is 1.90. The zero-order chi connectivity index (χ0) is 20.5. The molecule has 29 heavy (non-hydrogen) atoms. The number of aryl methyl sites for hydroxylation is 1. The quantitative estimate of drug-likeness (QED) is 0.678. The van der Waals surface area contributed by atoms with E-state index in [1.807, 2.05) is 36.0 Å². The Morgan fingerprint density at radius 1 is 1.14 bits per heavy atom. The molecule has 156 valence electrons. The molecule has 1 fully saturated rings. The normalized spacial score (nSPS) is 15.3. The van der Waals surface area contributed by atoms with Crippen LogP contribution in [0.2, 0.25) is 0 Å². The van der Waals surface area contributed by atoms with Crippen molar-refractivity contribution in [1.82, 2.24) is 20.2 Å². The summed E-state index contributed by atoms with van der Waals surface area (Å²) in [6.07, 6.45) is 11.9. The van der Waals surface area contributed by atoms with E-state index < -0.39 is 0 Å². The Bertz CT molecular complexity index is 813. The van der Waals surface area contributed by atoms with Gasteiger partial charge in [-0.3, -0.25) is 9.59 Å². The maximum atomic E-state index is 12.6. The Kier molecular flexibility index (Phi) is 8.16. The third-order valence-corrected chi connectivity index (χ3v) is 6.36. The summed E-state index contributed by atoms with van der Waals surface area (Å²) in [5, 5.41) is 6.10. The van der Waals surface area contributed by atoms with Crippen molar-refractivity contribution in [3.63, 3.8) is 0 Å². The monoisotopic (exact) mass is 414 g/mol. The number of carbonyl (C=O) groups excluding carboxylic acids is 2. The number of nitrogens with one attached hydrogen (secondary N) is 2. The summed E-state index contributed by atoms with van der Waals surface area (Å²) in [4.78, 5) is 30.1. The maximum Gasteiger partial charge on any atom is 0.252 e. The van der Waals surface area contributed by atoms with Crippen LogP contribution in [0.4, 0.5) is 0 Å². The van der Waals surface area contributed by atoms with Gasteiger partial charge in [-0.05, 0) is 25.0 Å². The Balaban J connectivity index is 1.52. The van der Waals surface area contributed by atoms with Crippen molar-refractivity contribution < 1.29 is 9.59 Å². The van der Waals surface area contributed by atoms with E-state index in [1.54, 1.807) is 12.3 Å². The lowest BCUT2D eigenvalue weighted by molar-refractivity contribution is -0.119. The molecule has 2 amide bonds. The van der Waals surface area contributed by atoms with E-state index in [0.717, 1.165) is 23.6 Å². The second-order valence-electron chi connectivity index (χ2n) is 7.53. The van der Waals surface area contributed by atoms with Crippen molar-refractivity contribution in [3.05, 3.63) is 48.0 Å². The molecule has 2 aromatic rings. The lowest BCUT2D eigenvalue weighted by atomic mass is 9.97. The molecule has 1 saturated carbocycles. The van der Waals surface area contributed by atoms with Gasteiger partial charge < -0.3 is 15.2 Å². The van der Waals surface area contributed by atoms with Gasteiger partial charge >= 0.3 is 0 Å². The van der Waals surface area contributed by atoms with Gasteiger partial charge in [0.1, 0.15) is 5.82 Å². The van der Waals surface area contributed by atoms with Gasteiger partial charge in [-0.2, -0.15) is 0 Å². The highest BCUT2D eigenvalue weighted by molar-refractivity contribution is 8.00. The molecule has 3 rings (SSSR count). The van der Waals surface area contributed by atoms with Crippen LogP contribution in [0, 0.1) is 0 Å². The Morgan fingerprint density at radius 3 is 2.59 bits per heavy atom. The topological polar surface area (TPSA) is 76.0 Å². The van der Waals surface area contributed by atoms with Gasteiger partial charge in [-0.15, -0.1) is 11.8 Å². The summed E-state index contributed by atoms with van der Waals surface area (Å²) in [5.41, 5.74) is 0.588. The first-order valence-corrected chi connectivity index (χ1v) is 11.4. The smallest absolute Gasteiger partial charge is 0.252 e. The van der Waals surface area contributed by atoms with Crippen LogP contribution in [0.25, 0.3) is 0 Å². The predicted octanol–water partition coefficient (Wildman–Crippen LogP) is 3.67. The number of imidazole rings is 1. The van der Waals surface area contributed by atoms with E-state index >= 15 is 0 Å². The van der Waals surface area contributed by atoms with Gasteiger partial charge in [0.05, 0.1) is 17.9 Å². The van der Waals surface area contributed by atoms with Gasteiger partial charge in [-0.25, -0.2) is 4.98 Å². The first-order valence-electron chi connectivity index (χ1n) is 10.4. The van der Waals surface area contributed by atoms with Crippen LogP contribution >= 0.6 is 11.8 Å². The van der Waals surface area contributed by atoms with E-state index in [4.69, 9.17) is 0 Å². The number of aromatic nitrogens is 2. The number of carbonyl (C=O) groups is 2. The first kappa shape index (κ1) is 21.4. The number of hydrogen-bond acceptors (Lipinski definition) is 4. The lowest BCUT2D eigenvalue weighted by Gasteiger charge is -2.21. The zero-order valence-corrected chi connectivity index (χ0v) is 17.8. The fourth-order valence-corrected chi connectivity index (χ4v) is 4.48. The minimum atomic E-state index is -0.156. The van der Waals surface area contributed by atoms with Crippen LogP contribution in [-0.2, 0) is 18.4 Å². The Labute approximate surface area is 176 Å². The molecule has 7 heteroatoms. The number of amides is 2. The van der Waals surface area contributed by atoms with Gasteiger partial charge in [0, 0.05) is 30.4 Å². The molecular weight excluding hydrogens is 384 g/mol. The van der Waals surface area contributed by atoms with E-state index in [1.165, 1.54) is 43.9 Å². The highest BCUT2D eigenvalue weighted by atomic mass is 32.2. The number of hydrogen-bond donors (Lipinski definition) is 2. The zero-order valence-electron chi connectivity index (χ0n) is 17.0. The molecule has 0 atom stereocenters. The van der Waals surface area contributed by atoms with Crippen molar-refractivity contribution in [2.24, 2.45) is 7.05 Å². The van der Waals surface area contributed by atoms with Crippen LogP contribution in [0.3, 0.4) is 0 Å². The van der Waals surface area contributed by atoms with Crippen LogP contribution in [0.5, 0.6) is 0 Å². The molecule has 1 aromatic heterocycles. The van der Waals surface area contributed by atoms with Crippen molar-refractivity contribution in [3.8, 4) is 0 Å². The molecule has 1 aromatic carbocycles. The summed E-state index contributed by atoms with van der Waals surface area (Å²) < 4.78 is 1.88. The second-order valence-corrected chi connectivity index (χ2v) is 8.55. The molecule has 0 unspecified atom stereocenters. The minimum absolute atomic E-state index is 0.0452. The summed E-state index contributed by atoms with van der Waals surface area (Å²) >= 11 is 1.41. The Morgan fingerprint density at radius 2 is 1.86 bits per heavy atom. The van der Waals surface area contributed by atoms with Gasteiger partial charge in [0.15, 0.2) is 0 Å². The fourth-order valence-electron chi connectivity index (χ4n) is 3.61. The standard InChI is InChI=1S/C22H30N4O2S/c1-26-14-13-23-20(26)15-24-22(28)18-11-7-8-12-19(18)29-16-21(27)25-17-9-5-3-2-4-6-10-17/h7-8,11-14,17H,2-6,9-10,15-16H2,1H3,(H,24,28)(H,25,27). The predicted molar refractivity (Wildman–Crippen MR) is 116 cm³/mol. The average molecular weight is 415 g/mol. The van der Waals surface area contributed by atoms with Crippen LogP contribution in [0.15, 0.2) is 41.6 Å². The molecule has 6 nitrogen and oxygen atoms in total. The third-order valence-electron chi connectivity index (χ3n) is 5.29. The molecular formula is C22H30N4O2S. The molecule has 1 aliphatic carbocycles. The molecule has 0 spiro atoms. The molecule has 0 saturated heterocycles. The molecule has 2 N–H and O–H groups in total. The van der Waals surface area contributed by atoms with E-state index in [9.17, 15) is 9.59 Å². The molecule has 0 radical (unpaired) electrons. The molecule has 1 heterocycles.